The zero-order valence-electron chi connectivity index (χ0n) is 12.3. The van der Waals surface area contributed by atoms with Gasteiger partial charge in [0.15, 0.2) is 0 Å². The Hall–Kier alpha value is -2.18. The summed E-state index contributed by atoms with van der Waals surface area (Å²) in [6, 6.07) is 9.55. The molecule has 2 heterocycles. The number of carbonyl (C=O) groups is 1. The minimum Gasteiger partial charge on any atom is -0.341 e. The molecule has 0 radical (unpaired) electrons. The molecule has 0 saturated carbocycles. The highest BCUT2D eigenvalue weighted by atomic mass is 32.1. The normalized spacial score (nSPS) is 12.5. The van der Waals surface area contributed by atoms with Gasteiger partial charge in [0.2, 0.25) is 0 Å². The fourth-order valence-electron chi connectivity index (χ4n) is 2.33. The number of imidazole rings is 1. The molecule has 1 aromatic carbocycles. The molecule has 4 N–H and O–H groups in total. The molecular formula is C16H18N4OS. The average Bonchev–Trinajstić information content (AvgIpc) is 3.18. The third-order valence-electron chi connectivity index (χ3n) is 3.56. The van der Waals surface area contributed by atoms with Crippen LogP contribution in [0.2, 0.25) is 0 Å². The Labute approximate surface area is 132 Å². The molecule has 2 aromatic heterocycles. The lowest BCUT2D eigenvalue weighted by molar-refractivity contribution is 0.0938. The molecule has 1 amide bonds. The minimum absolute atomic E-state index is 0.0861. The number of carbonyl (C=O) groups excluding carboxylic acids is 1. The van der Waals surface area contributed by atoms with Gasteiger partial charge in [0.25, 0.3) is 5.91 Å². The summed E-state index contributed by atoms with van der Waals surface area (Å²) in [4.78, 5) is 20.9. The summed E-state index contributed by atoms with van der Waals surface area (Å²) in [7, 11) is 0. The number of nitrogens with two attached hydrogens (primary N) is 1. The molecule has 0 fully saturated rings. The number of benzene rings is 1. The van der Waals surface area contributed by atoms with Crippen molar-refractivity contribution >= 4 is 28.3 Å². The molecule has 0 aliphatic rings. The van der Waals surface area contributed by atoms with E-state index < -0.39 is 0 Å². The summed E-state index contributed by atoms with van der Waals surface area (Å²) < 4.78 is 0. The minimum atomic E-state index is -0.136. The molecule has 1 unspecified atom stereocenters. The maximum atomic E-state index is 12.3. The Bertz CT molecular complexity index is 759. The number of rotatable bonds is 5. The molecule has 6 heteroatoms. The molecule has 0 aliphatic carbocycles. The van der Waals surface area contributed by atoms with E-state index in [1.807, 2.05) is 42.6 Å². The van der Waals surface area contributed by atoms with Gasteiger partial charge in [0, 0.05) is 6.54 Å². The molecule has 114 valence electrons. The highest BCUT2D eigenvalue weighted by molar-refractivity contribution is 7.12. The van der Waals surface area contributed by atoms with Crippen molar-refractivity contribution in [1.29, 1.82) is 0 Å². The topological polar surface area (TPSA) is 83.8 Å². The van der Waals surface area contributed by atoms with E-state index in [-0.39, 0.29) is 11.9 Å². The number of hydrogen-bond acceptors (Lipinski definition) is 4. The maximum absolute atomic E-state index is 12.3. The lowest BCUT2D eigenvalue weighted by Crippen LogP contribution is -2.28. The zero-order valence-corrected chi connectivity index (χ0v) is 13.1. The first kappa shape index (κ1) is 14.7. The van der Waals surface area contributed by atoms with Crippen molar-refractivity contribution in [2.24, 2.45) is 5.73 Å². The van der Waals surface area contributed by atoms with Crippen molar-refractivity contribution in [2.45, 2.75) is 25.9 Å². The van der Waals surface area contributed by atoms with E-state index in [1.54, 1.807) is 0 Å². The Balaban J connectivity index is 1.80. The molecule has 0 spiro atoms. The van der Waals surface area contributed by atoms with E-state index in [0.29, 0.717) is 11.4 Å². The monoisotopic (exact) mass is 314 g/mol. The molecule has 0 aliphatic heterocycles. The standard InChI is InChI=1S/C16H18N4OS/c1-2-11(15-18-12-5-3-4-6-13(12)19-15)20-16(21)14-7-10(8-17)9-22-14/h3-7,9,11H,2,8,17H2,1H3,(H,18,19)(H,20,21). The van der Waals surface area contributed by atoms with Crippen molar-refractivity contribution < 1.29 is 4.79 Å². The lowest BCUT2D eigenvalue weighted by Gasteiger charge is -2.13. The number of nitrogens with zero attached hydrogens (tertiary/aromatic N) is 1. The Kier molecular flexibility index (Phi) is 4.22. The summed E-state index contributed by atoms with van der Waals surface area (Å²) in [5.41, 5.74) is 8.45. The van der Waals surface area contributed by atoms with Crippen LogP contribution >= 0.6 is 11.3 Å². The van der Waals surface area contributed by atoms with Crippen molar-refractivity contribution in [3.05, 3.63) is 52.0 Å². The summed E-state index contributed by atoms with van der Waals surface area (Å²) >= 11 is 1.41. The predicted molar refractivity (Wildman–Crippen MR) is 88.8 cm³/mol. The van der Waals surface area contributed by atoms with Gasteiger partial charge in [0.05, 0.1) is 22.0 Å². The van der Waals surface area contributed by atoms with Crippen LogP contribution in [0.4, 0.5) is 0 Å². The maximum Gasteiger partial charge on any atom is 0.261 e. The third-order valence-corrected chi connectivity index (χ3v) is 4.54. The van der Waals surface area contributed by atoms with Crippen LogP contribution in [0.25, 0.3) is 11.0 Å². The van der Waals surface area contributed by atoms with E-state index in [0.717, 1.165) is 28.8 Å². The first-order valence-electron chi connectivity index (χ1n) is 7.24. The molecule has 22 heavy (non-hydrogen) atoms. The predicted octanol–water partition coefficient (Wildman–Crippen LogP) is 2.96. The van der Waals surface area contributed by atoms with Crippen LogP contribution in [0.15, 0.2) is 35.7 Å². The quantitative estimate of drug-likeness (QED) is 0.677. The summed E-state index contributed by atoms with van der Waals surface area (Å²) in [6.07, 6.45) is 0.765. The van der Waals surface area contributed by atoms with Crippen LogP contribution in [0.1, 0.15) is 40.4 Å². The number of aromatic amines is 1. The number of aromatic nitrogens is 2. The number of para-hydroxylation sites is 2. The van der Waals surface area contributed by atoms with Gasteiger partial charge >= 0.3 is 0 Å². The van der Waals surface area contributed by atoms with Gasteiger partial charge in [0.1, 0.15) is 5.82 Å². The van der Waals surface area contributed by atoms with E-state index in [2.05, 4.69) is 15.3 Å². The van der Waals surface area contributed by atoms with Crippen LogP contribution in [0.5, 0.6) is 0 Å². The smallest absolute Gasteiger partial charge is 0.261 e. The van der Waals surface area contributed by atoms with E-state index in [4.69, 9.17) is 5.73 Å². The van der Waals surface area contributed by atoms with Crippen molar-refractivity contribution in [2.75, 3.05) is 0 Å². The largest absolute Gasteiger partial charge is 0.341 e. The van der Waals surface area contributed by atoms with Gasteiger partial charge in [-0.15, -0.1) is 11.3 Å². The Morgan fingerprint density at radius 3 is 2.95 bits per heavy atom. The molecule has 3 aromatic rings. The van der Waals surface area contributed by atoms with Crippen LogP contribution in [-0.2, 0) is 6.54 Å². The number of fused-ring (bicyclic) bond motifs is 1. The zero-order chi connectivity index (χ0) is 15.5. The van der Waals surface area contributed by atoms with Crippen LogP contribution in [0.3, 0.4) is 0 Å². The third kappa shape index (κ3) is 2.88. The molecular weight excluding hydrogens is 296 g/mol. The number of H-pyrrole nitrogens is 1. The van der Waals surface area contributed by atoms with E-state index >= 15 is 0 Å². The number of hydrogen-bond donors (Lipinski definition) is 3. The Morgan fingerprint density at radius 2 is 2.27 bits per heavy atom. The first-order valence-corrected chi connectivity index (χ1v) is 8.12. The van der Waals surface area contributed by atoms with Crippen molar-refractivity contribution in [1.82, 2.24) is 15.3 Å². The van der Waals surface area contributed by atoms with Gasteiger partial charge in [-0.05, 0) is 35.6 Å². The molecule has 0 bridgehead atoms. The SMILES string of the molecule is CCC(NC(=O)c1cc(CN)cs1)c1nc2ccccc2[nH]1. The number of nitrogens with one attached hydrogen (secondary N) is 2. The van der Waals surface area contributed by atoms with Crippen LogP contribution in [0, 0.1) is 0 Å². The van der Waals surface area contributed by atoms with Gasteiger partial charge in [-0.25, -0.2) is 4.98 Å². The number of thiophene rings is 1. The lowest BCUT2D eigenvalue weighted by atomic mass is 10.2. The van der Waals surface area contributed by atoms with Gasteiger partial charge < -0.3 is 16.0 Å². The first-order chi connectivity index (χ1) is 10.7. The highest BCUT2D eigenvalue weighted by Crippen LogP contribution is 2.20. The molecule has 0 saturated heterocycles. The molecule has 5 nitrogen and oxygen atoms in total. The van der Waals surface area contributed by atoms with E-state index in [1.165, 1.54) is 11.3 Å². The summed E-state index contributed by atoms with van der Waals surface area (Å²) in [6.45, 7) is 2.47. The fraction of sp³-hybridized carbons (Fsp3) is 0.250. The van der Waals surface area contributed by atoms with Gasteiger partial charge in [-0.2, -0.15) is 0 Å². The van der Waals surface area contributed by atoms with Crippen molar-refractivity contribution in [3.63, 3.8) is 0 Å². The van der Waals surface area contributed by atoms with Crippen molar-refractivity contribution in [3.8, 4) is 0 Å². The van der Waals surface area contributed by atoms with Crippen LogP contribution in [-0.4, -0.2) is 15.9 Å². The summed E-state index contributed by atoms with van der Waals surface area (Å²) in [5.74, 6) is 0.699. The average molecular weight is 314 g/mol. The fourth-order valence-corrected chi connectivity index (χ4v) is 3.16. The second kappa shape index (κ2) is 6.29. The Morgan fingerprint density at radius 1 is 1.45 bits per heavy atom. The van der Waals surface area contributed by atoms with E-state index in [9.17, 15) is 4.79 Å². The second-order valence-electron chi connectivity index (χ2n) is 5.10. The van der Waals surface area contributed by atoms with Gasteiger partial charge in [-0.1, -0.05) is 19.1 Å². The number of amides is 1. The molecule has 3 rings (SSSR count). The van der Waals surface area contributed by atoms with Gasteiger partial charge in [-0.3, -0.25) is 4.79 Å². The summed E-state index contributed by atoms with van der Waals surface area (Å²) in [5, 5.41) is 4.95. The second-order valence-corrected chi connectivity index (χ2v) is 6.01. The molecule has 1 atom stereocenters. The highest BCUT2D eigenvalue weighted by Gasteiger charge is 2.18. The van der Waals surface area contributed by atoms with Crippen LogP contribution < -0.4 is 11.1 Å².